The van der Waals surface area contributed by atoms with Crippen LogP contribution < -0.4 is 21.6 Å². The number of rotatable bonds is 9. The lowest BCUT2D eigenvalue weighted by molar-refractivity contribution is 0.0511. The lowest BCUT2D eigenvalue weighted by Crippen LogP contribution is -2.35. The molecule has 8 heteroatoms. The zero-order valence-corrected chi connectivity index (χ0v) is 17.2. The molecule has 2 aromatic rings. The normalized spacial score (nSPS) is 15.3. The zero-order chi connectivity index (χ0) is 20.9. The minimum absolute atomic E-state index is 0.0319. The van der Waals surface area contributed by atoms with Gasteiger partial charge in [0, 0.05) is 42.8 Å². The Hall–Kier alpha value is -2.42. The molecule has 4 rings (SSSR count). The molecule has 0 aliphatic carbocycles. The van der Waals surface area contributed by atoms with Crippen molar-refractivity contribution < 1.29 is 18.7 Å². The standard InChI is InChI=1S/C22H29N3O5/c23-5-9-28-11-12-29-10-6-24-21(26)18-14-16-13-15-3-1-7-25-8-2-4-17(19(15)25)20(16)30-22(18)27/h13-14H,1-12,23H2,(H,24,26). The smallest absolute Gasteiger partial charge is 0.349 e. The molecule has 30 heavy (non-hydrogen) atoms. The highest BCUT2D eigenvalue weighted by Gasteiger charge is 2.27. The largest absolute Gasteiger partial charge is 0.422 e. The number of hydrogen-bond acceptors (Lipinski definition) is 7. The molecule has 1 amide bonds. The molecule has 0 bridgehead atoms. The number of carbonyl (C=O) groups excluding carboxylic acids is 1. The van der Waals surface area contributed by atoms with Crippen molar-refractivity contribution in [3.63, 3.8) is 0 Å². The third-order valence-electron chi connectivity index (χ3n) is 5.63. The lowest BCUT2D eigenvalue weighted by atomic mass is 9.90. The molecule has 162 valence electrons. The topological polar surface area (TPSA) is 107 Å². The SMILES string of the molecule is NCCOCCOCCNC(=O)c1cc2cc3c4c(c2oc1=O)CCCN4CCC3. The van der Waals surface area contributed by atoms with E-state index in [-0.39, 0.29) is 5.56 Å². The van der Waals surface area contributed by atoms with Crippen molar-refractivity contribution in [1.82, 2.24) is 5.32 Å². The number of ether oxygens (including phenoxy) is 2. The van der Waals surface area contributed by atoms with Gasteiger partial charge in [-0.05, 0) is 43.4 Å². The van der Waals surface area contributed by atoms with Crippen molar-refractivity contribution >= 4 is 22.6 Å². The van der Waals surface area contributed by atoms with E-state index >= 15 is 0 Å². The summed E-state index contributed by atoms with van der Waals surface area (Å²) in [4.78, 5) is 27.5. The van der Waals surface area contributed by atoms with E-state index in [0.29, 0.717) is 45.1 Å². The van der Waals surface area contributed by atoms with Crippen molar-refractivity contribution in [2.24, 2.45) is 5.73 Å². The number of hydrogen-bond donors (Lipinski definition) is 2. The van der Waals surface area contributed by atoms with Gasteiger partial charge in [-0.3, -0.25) is 4.79 Å². The monoisotopic (exact) mass is 415 g/mol. The summed E-state index contributed by atoms with van der Waals surface area (Å²) >= 11 is 0. The first-order valence-corrected chi connectivity index (χ1v) is 10.7. The van der Waals surface area contributed by atoms with Crippen LogP contribution >= 0.6 is 0 Å². The molecule has 2 aliphatic heterocycles. The predicted molar refractivity (Wildman–Crippen MR) is 114 cm³/mol. The molecule has 0 saturated carbocycles. The maximum absolute atomic E-state index is 12.5. The molecule has 1 aromatic heterocycles. The van der Waals surface area contributed by atoms with E-state index in [9.17, 15) is 9.59 Å². The second-order valence-electron chi connectivity index (χ2n) is 7.69. The second kappa shape index (κ2) is 9.59. The number of nitrogens with two attached hydrogens (primary N) is 1. The molecule has 0 atom stereocenters. The quantitative estimate of drug-likeness (QED) is 0.468. The van der Waals surface area contributed by atoms with Crippen molar-refractivity contribution in [1.29, 1.82) is 0 Å². The van der Waals surface area contributed by atoms with Gasteiger partial charge in [0.05, 0.1) is 26.4 Å². The maximum Gasteiger partial charge on any atom is 0.349 e. The summed E-state index contributed by atoms with van der Waals surface area (Å²) in [6.07, 6.45) is 4.09. The van der Waals surface area contributed by atoms with Crippen LogP contribution in [0.15, 0.2) is 21.3 Å². The highest BCUT2D eigenvalue weighted by atomic mass is 16.5. The fraction of sp³-hybridized carbons (Fsp3) is 0.545. The van der Waals surface area contributed by atoms with Gasteiger partial charge in [-0.25, -0.2) is 4.79 Å². The van der Waals surface area contributed by atoms with E-state index in [2.05, 4.69) is 16.3 Å². The molecule has 3 heterocycles. The third-order valence-corrected chi connectivity index (χ3v) is 5.63. The number of nitrogens with one attached hydrogen (secondary N) is 1. The first kappa shape index (κ1) is 20.8. The Morgan fingerprint density at radius 2 is 1.87 bits per heavy atom. The number of amides is 1. The summed E-state index contributed by atoms with van der Waals surface area (Å²) in [5.41, 5.74) is 9.04. The van der Waals surface area contributed by atoms with Gasteiger partial charge < -0.3 is 29.8 Å². The molecule has 3 N–H and O–H groups in total. The van der Waals surface area contributed by atoms with E-state index in [4.69, 9.17) is 19.6 Å². The number of benzene rings is 1. The Kier molecular flexibility index (Phi) is 6.66. The van der Waals surface area contributed by atoms with Crippen molar-refractivity contribution in [3.05, 3.63) is 39.2 Å². The molecule has 0 spiro atoms. The van der Waals surface area contributed by atoms with Gasteiger partial charge in [-0.2, -0.15) is 0 Å². The predicted octanol–water partition coefficient (Wildman–Crippen LogP) is 1.21. The number of carbonyl (C=O) groups is 1. The maximum atomic E-state index is 12.5. The van der Waals surface area contributed by atoms with Crippen molar-refractivity contribution in [2.45, 2.75) is 25.7 Å². The molecular weight excluding hydrogens is 386 g/mol. The molecular formula is C22H29N3O5. The van der Waals surface area contributed by atoms with Crippen LogP contribution in [0.5, 0.6) is 0 Å². The molecule has 0 saturated heterocycles. The Balaban J connectivity index is 1.45. The summed E-state index contributed by atoms with van der Waals surface area (Å²) < 4.78 is 16.3. The molecule has 0 radical (unpaired) electrons. The Morgan fingerprint density at radius 1 is 1.10 bits per heavy atom. The minimum Gasteiger partial charge on any atom is -0.422 e. The molecule has 1 aromatic carbocycles. The van der Waals surface area contributed by atoms with Gasteiger partial charge in [-0.1, -0.05) is 0 Å². The molecule has 0 fully saturated rings. The average Bonchev–Trinajstić information content (AvgIpc) is 2.76. The summed E-state index contributed by atoms with van der Waals surface area (Å²) in [5, 5.41) is 3.55. The third kappa shape index (κ3) is 4.35. The second-order valence-corrected chi connectivity index (χ2v) is 7.69. The van der Waals surface area contributed by atoms with Gasteiger partial charge in [-0.15, -0.1) is 0 Å². The van der Waals surface area contributed by atoms with Crippen LogP contribution in [0.4, 0.5) is 5.69 Å². The molecule has 8 nitrogen and oxygen atoms in total. The number of nitrogens with zero attached hydrogens (tertiary/aromatic N) is 1. The number of anilines is 1. The van der Waals surface area contributed by atoms with E-state index in [1.54, 1.807) is 6.07 Å². The summed E-state index contributed by atoms with van der Waals surface area (Å²) in [5.74, 6) is -0.443. The lowest BCUT2D eigenvalue weighted by Gasteiger charge is -2.37. The van der Waals surface area contributed by atoms with Crippen LogP contribution in [-0.4, -0.2) is 58.5 Å². The van der Waals surface area contributed by atoms with Crippen LogP contribution in [0.3, 0.4) is 0 Å². The van der Waals surface area contributed by atoms with Crippen molar-refractivity contribution in [3.8, 4) is 0 Å². The zero-order valence-electron chi connectivity index (χ0n) is 17.2. The van der Waals surface area contributed by atoms with E-state index < -0.39 is 11.5 Å². The van der Waals surface area contributed by atoms with Crippen LogP contribution in [0.2, 0.25) is 0 Å². The van der Waals surface area contributed by atoms with Gasteiger partial charge >= 0.3 is 5.63 Å². The van der Waals surface area contributed by atoms with Crippen molar-refractivity contribution in [2.75, 3.05) is 57.5 Å². The fourth-order valence-electron chi connectivity index (χ4n) is 4.34. The minimum atomic E-state index is -0.597. The van der Waals surface area contributed by atoms with Crippen LogP contribution in [0.1, 0.15) is 34.3 Å². The van der Waals surface area contributed by atoms with Gasteiger partial charge in [0.2, 0.25) is 0 Å². The van der Waals surface area contributed by atoms with E-state index in [1.807, 2.05) is 0 Å². The summed E-state index contributed by atoms with van der Waals surface area (Å²) in [7, 11) is 0. The molecule has 0 unspecified atom stereocenters. The van der Waals surface area contributed by atoms with Gasteiger partial charge in [0.25, 0.3) is 5.91 Å². The van der Waals surface area contributed by atoms with Crippen LogP contribution in [0.25, 0.3) is 11.0 Å². The first-order valence-electron chi connectivity index (χ1n) is 10.7. The molecule has 2 aliphatic rings. The highest BCUT2D eigenvalue weighted by Crippen LogP contribution is 2.39. The van der Waals surface area contributed by atoms with Crippen LogP contribution in [0, 0.1) is 0 Å². The summed E-state index contributed by atoms with van der Waals surface area (Å²) in [6, 6.07) is 3.75. The van der Waals surface area contributed by atoms with E-state index in [0.717, 1.165) is 49.7 Å². The van der Waals surface area contributed by atoms with E-state index in [1.165, 1.54) is 11.3 Å². The highest BCUT2D eigenvalue weighted by molar-refractivity contribution is 5.98. The first-order chi connectivity index (χ1) is 14.7. The van der Waals surface area contributed by atoms with Gasteiger partial charge in [0.15, 0.2) is 0 Å². The van der Waals surface area contributed by atoms with Gasteiger partial charge in [0.1, 0.15) is 11.1 Å². The van der Waals surface area contributed by atoms with Crippen LogP contribution in [-0.2, 0) is 22.3 Å². The Bertz CT molecular complexity index is 969. The average molecular weight is 415 g/mol. The summed E-state index contributed by atoms with van der Waals surface area (Å²) in [6.45, 7) is 4.62. The fourth-order valence-corrected chi connectivity index (χ4v) is 4.34. The Labute approximate surface area is 175 Å². The number of aryl methyl sites for hydroxylation is 2. The Morgan fingerprint density at radius 3 is 2.67 bits per heavy atom. The number of fused-ring (bicyclic) bond motifs is 2.